The first-order chi connectivity index (χ1) is 12.0. The monoisotopic (exact) mass is 345 g/mol. The van der Waals surface area contributed by atoms with Gasteiger partial charge in [-0.1, -0.05) is 24.3 Å². The first kappa shape index (κ1) is 19.0. The average molecular weight is 345 g/mol. The zero-order chi connectivity index (χ0) is 18.2. The van der Waals surface area contributed by atoms with Crippen molar-refractivity contribution in [2.45, 2.75) is 19.2 Å². The molecule has 1 atom stereocenters. The van der Waals surface area contributed by atoms with Crippen LogP contribution in [0.15, 0.2) is 36.7 Å². The minimum atomic E-state index is -0.187. The summed E-state index contributed by atoms with van der Waals surface area (Å²) in [5.74, 6) is 0. The lowest BCUT2D eigenvalue weighted by molar-refractivity contribution is 0.185. The molecule has 1 aromatic carbocycles. The maximum Gasteiger partial charge on any atom is 0.315 e. The van der Waals surface area contributed by atoms with E-state index in [2.05, 4.69) is 20.6 Å². The molecule has 2 rings (SSSR count). The molecule has 0 radical (unpaired) electrons. The zero-order valence-corrected chi connectivity index (χ0v) is 15.3. The number of ether oxygens (including phenoxy) is 1. The molecule has 2 N–H and O–H groups in total. The lowest BCUT2D eigenvalue weighted by Crippen LogP contribution is -2.40. The van der Waals surface area contributed by atoms with Crippen molar-refractivity contribution >= 4 is 6.03 Å². The van der Waals surface area contributed by atoms with Gasteiger partial charge in [-0.05, 0) is 25.2 Å². The Hall–Kier alpha value is -2.38. The highest BCUT2D eigenvalue weighted by Crippen LogP contribution is 2.16. The number of hydrogen-bond acceptors (Lipinski definition) is 4. The van der Waals surface area contributed by atoms with Crippen molar-refractivity contribution in [3.05, 3.63) is 53.3 Å². The number of rotatable bonds is 8. The van der Waals surface area contributed by atoms with E-state index in [-0.39, 0.29) is 12.1 Å². The van der Waals surface area contributed by atoms with Crippen molar-refractivity contribution in [1.82, 2.24) is 25.3 Å². The highest BCUT2D eigenvalue weighted by atomic mass is 16.5. The number of benzene rings is 1. The predicted octanol–water partition coefficient (Wildman–Crippen LogP) is 1.67. The van der Waals surface area contributed by atoms with Gasteiger partial charge in [0, 0.05) is 39.0 Å². The summed E-state index contributed by atoms with van der Waals surface area (Å²) in [6.07, 6.45) is 3.79. The number of carbonyl (C=O) groups excluding carboxylic acids is 1. The highest BCUT2D eigenvalue weighted by molar-refractivity contribution is 5.73. The summed E-state index contributed by atoms with van der Waals surface area (Å²) in [5.41, 5.74) is 3.20. The van der Waals surface area contributed by atoms with E-state index in [1.54, 1.807) is 11.8 Å². The fraction of sp³-hybridized carbons (Fsp3) is 0.444. The van der Waals surface area contributed by atoms with Gasteiger partial charge < -0.3 is 20.3 Å². The fourth-order valence-corrected chi connectivity index (χ4v) is 2.64. The molecule has 7 heteroatoms. The molecule has 0 spiro atoms. The van der Waals surface area contributed by atoms with Crippen molar-refractivity contribution < 1.29 is 9.53 Å². The number of nitrogens with zero attached hydrogens (tertiary/aromatic N) is 3. The van der Waals surface area contributed by atoms with E-state index in [4.69, 9.17) is 4.74 Å². The van der Waals surface area contributed by atoms with Crippen LogP contribution in [0.4, 0.5) is 4.79 Å². The second-order valence-corrected chi connectivity index (χ2v) is 6.24. The van der Waals surface area contributed by atoms with E-state index in [1.165, 1.54) is 0 Å². The second kappa shape index (κ2) is 9.19. The summed E-state index contributed by atoms with van der Waals surface area (Å²) >= 11 is 0. The number of nitrogens with one attached hydrogen (secondary N) is 2. The Morgan fingerprint density at radius 3 is 2.72 bits per heavy atom. The molecule has 136 valence electrons. The van der Waals surface area contributed by atoms with Gasteiger partial charge in [0.1, 0.15) is 0 Å². The lowest BCUT2D eigenvalue weighted by Gasteiger charge is -2.23. The SMILES string of the molecule is COCc1cccc(CNC(=O)NCC(c2cnn(C)c2)N(C)C)c1. The van der Waals surface area contributed by atoms with Crippen molar-refractivity contribution in [2.75, 3.05) is 27.7 Å². The van der Waals surface area contributed by atoms with Crippen LogP contribution in [0.3, 0.4) is 0 Å². The molecule has 7 nitrogen and oxygen atoms in total. The van der Waals surface area contributed by atoms with Crippen LogP contribution < -0.4 is 10.6 Å². The van der Waals surface area contributed by atoms with Gasteiger partial charge in [0.2, 0.25) is 0 Å². The minimum absolute atomic E-state index is 0.0736. The predicted molar refractivity (Wildman–Crippen MR) is 97.0 cm³/mol. The van der Waals surface area contributed by atoms with E-state index in [0.29, 0.717) is 19.7 Å². The third-order valence-corrected chi connectivity index (χ3v) is 3.94. The zero-order valence-electron chi connectivity index (χ0n) is 15.3. The van der Waals surface area contributed by atoms with Crippen LogP contribution in [0.2, 0.25) is 0 Å². The standard InChI is InChI=1S/C18H27N5O2/c1-22(2)17(16-10-21-23(3)12-16)11-20-18(24)19-9-14-6-5-7-15(8-14)13-25-4/h5-8,10,12,17H,9,11,13H2,1-4H3,(H2,19,20,24). The van der Waals surface area contributed by atoms with E-state index >= 15 is 0 Å². The summed E-state index contributed by atoms with van der Waals surface area (Å²) in [6, 6.07) is 7.87. The number of hydrogen-bond donors (Lipinski definition) is 2. The Labute approximate surface area is 149 Å². The number of carbonyl (C=O) groups is 1. The molecule has 1 heterocycles. The van der Waals surface area contributed by atoms with Crippen molar-refractivity contribution in [3.8, 4) is 0 Å². The van der Waals surface area contributed by atoms with Crippen molar-refractivity contribution in [2.24, 2.45) is 7.05 Å². The average Bonchev–Trinajstić information content (AvgIpc) is 2.99. The third-order valence-electron chi connectivity index (χ3n) is 3.94. The van der Waals surface area contributed by atoms with Gasteiger partial charge >= 0.3 is 6.03 Å². The Balaban J connectivity index is 1.84. The maximum atomic E-state index is 12.1. The molecule has 0 saturated heterocycles. The third kappa shape index (κ3) is 5.88. The molecule has 1 aromatic heterocycles. The molecule has 0 saturated carbocycles. The van der Waals surface area contributed by atoms with Gasteiger partial charge in [-0.3, -0.25) is 4.68 Å². The van der Waals surface area contributed by atoms with Crippen molar-refractivity contribution in [1.29, 1.82) is 0 Å². The van der Waals surface area contributed by atoms with Crippen LogP contribution in [0.1, 0.15) is 22.7 Å². The Kier molecular flexibility index (Phi) is 6.97. The molecular formula is C18H27N5O2. The quantitative estimate of drug-likeness (QED) is 0.763. The van der Waals surface area contributed by atoms with Gasteiger partial charge in [0.15, 0.2) is 0 Å². The van der Waals surface area contributed by atoms with Crippen LogP contribution in [0.5, 0.6) is 0 Å². The number of amides is 2. The van der Waals surface area contributed by atoms with Crippen LogP contribution in [-0.2, 0) is 24.9 Å². The minimum Gasteiger partial charge on any atom is -0.380 e. The van der Waals surface area contributed by atoms with Crippen LogP contribution in [0, 0.1) is 0 Å². The molecule has 0 fully saturated rings. The van der Waals surface area contributed by atoms with E-state index in [9.17, 15) is 4.79 Å². The van der Waals surface area contributed by atoms with Gasteiger partial charge in [0.25, 0.3) is 0 Å². The maximum absolute atomic E-state index is 12.1. The van der Waals surface area contributed by atoms with Crippen LogP contribution in [-0.4, -0.2) is 48.5 Å². The van der Waals surface area contributed by atoms with E-state index < -0.39 is 0 Å². The summed E-state index contributed by atoms with van der Waals surface area (Å²) < 4.78 is 6.89. The fourth-order valence-electron chi connectivity index (χ4n) is 2.64. The van der Waals surface area contributed by atoms with Crippen molar-refractivity contribution in [3.63, 3.8) is 0 Å². The Bertz CT molecular complexity index is 684. The van der Waals surface area contributed by atoms with E-state index in [1.807, 2.05) is 57.8 Å². The number of aryl methyl sites for hydroxylation is 1. The number of likely N-dealkylation sites (N-methyl/N-ethyl adjacent to an activating group) is 1. The number of urea groups is 1. The molecule has 25 heavy (non-hydrogen) atoms. The largest absolute Gasteiger partial charge is 0.380 e. The van der Waals surface area contributed by atoms with Crippen LogP contribution in [0.25, 0.3) is 0 Å². The Morgan fingerprint density at radius 1 is 1.32 bits per heavy atom. The smallest absolute Gasteiger partial charge is 0.315 e. The molecule has 0 bridgehead atoms. The molecule has 2 aromatic rings. The molecule has 2 amide bonds. The second-order valence-electron chi connectivity index (χ2n) is 6.24. The van der Waals surface area contributed by atoms with Crippen LogP contribution >= 0.6 is 0 Å². The van der Waals surface area contributed by atoms with Gasteiger partial charge in [-0.25, -0.2) is 4.79 Å². The van der Waals surface area contributed by atoms with Gasteiger partial charge in [-0.2, -0.15) is 5.10 Å². The van der Waals surface area contributed by atoms with E-state index in [0.717, 1.165) is 16.7 Å². The van der Waals surface area contributed by atoms with Gasteiger partial charge in [0.05, 0.1) is 18.8 Å². The number of methoxy groups -OCH3 is 1. The van der Waals surface area contributed by atoms with Gasteiger partial charge in [-0.15, -0.1) is 0 Å². The summed E-state index contributed by atoms with van der Waals surface area (Å²) in [7, 11) is 7.52. The molecular weight excluding hydrogens is 318 g/mol. The molecule has 0 aliphatic heterocycles. The highest BCUT2D eigenvalue weighted by Gasteiger charge is 2.16. The summed E-state index contributed by atoms with van der Waals surface area (Å²) in [4.78, 5) is 14.2. The number of aromatic nitrogens is 2. The lowest BCUT2D eigenvalue weighted by atomic mass is 10.1. The Morgan fingerprint density at radius 2 is 2.08 bits per heavy atom. The molecule has 0 aliphatic carbocycles. The molecule has 1 unspecified atom stereocenters. The first-order valence-electron chi connectivity index (χ1n) is 8.23. The summed E-state index contributed by atoms with van der Waals surface area (Å²) in [5, 5.41) is 10.0. The topological polar surface area (TPSA) is 71.4 Å². The normalized spacial score (nSPS) is 12.2. The summed E-state index contributed by atoms with van der Waals surface area (Å²) in [6.45, 7) is 1.55. The molecule has 0 aliphatic rings. The first-order valence-corrected chi connectivity index (χ1v) is 8.23.